The minimum atomic E-state index is -0.425. The van der Waals surface area contributed by atoms with E-state index in [2.05, 4.69) is 30.7 Å². The molecule has 1 aromatic rings. The third-order valence-corrected chi connectivity index (χ3v) is 4.04. The minimum Gasteiger partial charge on any atom is -0.398 e. The van der Waals surface area contributed by atoms with Gasteiger partial charge in [-0.25, -0.2) is 0 Å². The number of hydrogen-bond donors (Lipinski definition) is 1. The van der Waals surface area contributed by atoms with Gasteiger partial charge < -0.3 is 5.73 Å². The molecule has 2 N–H and O–H groups in total. The van der Waals surface area contributed by atoms with E-state index >= 15 is 0 Å². The summed E-state index contributed by atoms with van der Waals surface area (Å²) in [5, 5.41) is 0. The number of likely N-dealkylation sites (N-methyl/N-ethyl adjacent to an activating group) is 1. The van der Waals surface area contributed by atoms with E-state index < -0.39 is 5.54 Å². The third-order valence-electron chi connectivity index (χ3n) is 4.04. The van der Waals surface area contributed by atoms with Gasteiger partial charge in [-0.2, -0.15) is 0 Å². The van der Waals surface area contributed by atoms with Crippen LogP contribution in [0, 0.1) is 0 Å². The fourth-order valence-corrected chi connectivity index (χ4v) is 2.47. The second kappa shape index (κ2) is 6.66. The summed E-state index contributed by atoms with van der Waals surface area (Å²) in [6.45, 7) is 9.99. The van der Waals surface area contributed by atoms with Crippen molar-refractivity contribution < 1.29 is 4.79 Å². The molecule has 19 heavy (non-hydrogen) atoms. The second-order valence-corrected chi connectivity index (χ2v) is 4.97. The van der Waals surface area contributed by atoms with Crippen molar-refractivity contribution in [3.63, 3.8) is 0 Å². The lowest BCUT2D eigenvalue weighted by Crippen LogP contribution is -2.52. The van der Waals surface area contributed by atoms with Crippen LogP contribution in [0.2, 0.25) is 0 Å². The van der Waals surface area contributed by atoms with Gasteiger partial charge >= 0.3 is 0 Å². The van der Waals surface area contributed by atoms with Crippen molar-refractivity contribution in [1.29, 1.82) is 0 Å². The first-order valence-electron chi connectivity index (χ1n) is 6.96. The Bertz CT molecular complexity index is 429. The molecule has 1 atom stereocenters. The van der Waals surface area contributed by atoms with Gasteiger partial charge in [0.25, 0.3) is 0 Å². The number of hydrogen-bond acceptors (Lipinski definition) is 4. The Kier molecular flexibility index (Phi) is 5.48. The Morgan fingerprint density at radius 2 is 2.00 bits per heavy atom. The highest BCUT2D eigenvalue weighted by atomic mass is 16.1. The molecular weight excluding hydrogens is 238 g/mol. The molecular formula is C15H25N3O. The maximum Gasteiger partial charge on any atom is 0.157 e. The van der Waals surface area contributed by atoms with E-state index in [1.165, 1.54) is 0 Å². The van der Waals surface area contributed by atoms with Crippen molar-refractivity contribution >= 4 is 11.5 Å². The van der Waals surface area contributed by atoms with Crippen molar-refractivity contribution in [2.75, 3.05) is 18.8 Å². The minimum absolute atomic E-state index is 0.207. The number of pyridine rings is 1. The third kappa shape index (κ3) is 3.32. The van der Waals surface area contributed by atoms with Crippen LogP contribution in [0.5, 0.6) is 0 Å². The highest BCUT2D eigenvalue weighted by Crippen LogP contribution is 2.23. The lowest BCUT2D eigenvalue weighted by Gasteiger charge is -2.38. The summed E-state index contributed by atoms with van der Waals surface area (Å²) in [6.07, 6.45) is 4.48. The SMILES string of the molecule is CCN(CC)C(C)(CC)C(=O)Cc1cnccc1N. The van der Waals surface area contributed by atoms with Crippen molar-refractivity contribution in [2.24, 2.45) is 0 Å². The van der Waals surface area contributed by atoms with Crippen molar-refractivity contribution in [1.82, 2.24) is 9.88 Å². The molecule has 0 aliphatic heterocycles. The van der Waals surface area contributed by atoms with Gasteiger partial charge in [-0.3, -0.25) is 14.7 Å². The summed E-state index contributed by atoms with van der Waals surface area (Å²) in [7, 11) is 0. The molecule has 0 aliphatic rings. The molecule has 4 heteroatoms. The summed E-state index contributed by atoms with van der Waals surface area (Å²) in [5.41, 5.74) is 6.92. The zero-order chi connectivity index (χ0) is 14.5. The van der Waals surface area contributed by atoms with Crippen LogP contribution in [0.1, 0.15) is 39.7 Å². The lowest BCUT2D eigenvalue weighted by molar-refractivity contribution is -0.129. The molecule has 0 saturated heterocycles. The van der Waals surface area contributed by atoms with Gasteiger partial charge in [0, 0.05) is 30.1 Å². The van der Waals surface area contributed by atoms with Gasteiger partial charge in [-0.15, -0.1) is 0 Å². The fraction of sp³-hybridized carbons (Fsp3) is 0.600. The summed E-state index contributed by atoms with van der Waals surface area (Å²) in [4.78, 5) is 18.9. The van der Waals surface area contributed by atoms with Crippen LogP contribution in [0.3, 0.4) is 0 Å². The molecule has 1 heterocycles. The van der Waals surface area contributed by atoms with Crippen molar-refractivity contribution in [3.8, 4) is 0 Å². The largest absolute Gasteiger partial charge is 0.398 e. The van der Waals surface area contributed by atoms with Crippen LogP contribution < -0.4 is 5.73 Å². The molecule has 106 valence electrons. The monoisotopic (exact) mass is 263 g/mol. The number of ketones is 1. The summed E-state index contributed by atoms with van der Waals surface area (Å²) in [6, 6.07) is 1.74. The molecule has 0 fully saturated rings. The van der Waals surface area contributed by atoms with Crippen LogP contribution in [0.4, 0.5) is 5.69 Å². The summed E-state index contributed by atoms with van der Waals surface area (Å²) in [5.74, 6) is 0.207. The molecule has 1 unspecified atom stereocenters. The number of aromatic nitrogens is 1. The van der Waals surface area contributed by atoms with Crippen molar-refractivity contribution in [2.45, 2.75) is 46.1 Å². The van der Waals surface area contributed by atoms with E-state index in [0.29, 0.717) is 12.1 Å². The predicted octanol–water partition coefficient (Wildman–Crippen LogP) is 2.29. The summed E-state index contributed by atoms with van der Waals surface area (Å²) >= 11 is 0. The predicted molar refractivity (Wildman–Crippen MR) is 79.0 cm³/mol. The Morgan fingerprint density at radius 1 is 1.37 bits per heavy atom. The zero-order valence-corrected chi connectivity index (χ0v) is 12.4. The smallest absolute Gasteiger partial charge is 0.157 e. The van der Waals surface area contributed by atoms with E-state index in [1.54, 1.807) is 18.5 Å². The summed E-state index contributed by atoms with van der Waals surface area (Å²) < 4.78 is 0. The number of carbonyl (C=O) groups excluding carboxylic acids is 1. The van der Waals surface area contributed by atoms with E-state index in [-0.39, 0.29) is 5.78 Å². The first-order chi connectivity index (χ1) is 8.99. The van der Waals surface area contributed by atoms with Gasteiger partial charge in [0.1, 0.15) is 0 Å². The number of anilines is 1. The van der Waals surface area contributed by atoms with E-state index in [0.717, 1.165) is 25.1 Å². The van der Waals surface area contributed by atoms with E-state index in [9.17, 15) is 4.79 Å². The molecule has 0 spiro atoms. The average Bonchev–Trinajstić information content (AvgIpc) is 2.42. The van der Waals surface area contributed by atoms with Gasteiger partial charge in [0.05, 0.1) is 5.54 Å². The molecule has 0 amide bonds. The quantitative estimate of drug-likeness (QED) is 0.820. The fourth-order valence-electron chi connectivity index (χ4n) is 2.47. The van der Waals surface area contributed by atoms with Gasteiger partial charge in [0.15, 0.2) is 5.78 Å². The molecule has 0 bridgehead atoms. The van der Waals surface area contributed by atoms with E-state index in [4.69, 9.17) is 5.73 Å². The van der Waals surface area contributed by atoms with Gasteiger partial charge in [-0.05, 0) is 32.5 Å². The second-order valence-electron chi connectivity index (χ2n) is 4.97. The van der Waals surface area contributed by atoms with Crippen molar-refractivity contribution in [3.05, 3.63) is 24.0 Å². The Hall–Kier alpha value is -1.42. The zero-order valence-electron chi connectivity index (χ0n) is 12.4. The molecule has 0 aliphatic carbocycles. The first kappa shape index (κ1) is 15.6. The maximum atomic E-state index is 12.7. The molecule has 1 rings (SSSR count). The number of rotatable bonds is 7. The van der Waals surface area contributed by atoms with Gasteiger partial charge in [-0.1, -0.05) is 20.8 Å². The first-order valence-corrected chi connectivity index (χ1v) is 6.96. The normalized spacial score (nSPS) is 14.4. The standard InChI is InChI=1S/C15H25N3O/c1-5-15(4,18(6-2)7-3)14(19)10-12-11-17-9-8-13(12)16/h8-9,11H,5-7,10H2,1-4H3,(H2,16,17). The highest BCUT2D eigenvalue weighted by Gasteiger charge is 2.35. The lowest BCUT2D eigenvalue weighted by atomic mass is 9.87. The Labute approximate surface area is 116 Å². The molecule has 0 saturated carbocycles. The van der Waals surface area contributed by atoms with Gasteiger partial charge in [0.2, 0.25) is 0 Å². The van der Waals surface area contributed by atoms with Crippen LogP contribution >= 0.6 is 0 Å². The molecule has 0 radical (unpaired) electrons. The molecule has 0 aromatic carbocycles. The van der Waals surface area contributed by atoms with Crippen LogP contribution in [-0.2, 0) is 11.2 Å². The molecule has 1 aromatic heterocycles. The Morgan fingerprint density at radius 3 is 2.47 bits per heavy atom. The highest BCUT2D eigenvalue weighted by molar-refractivity contribution is 5.90. The number of Topliss-reactive ketones (excluding diaryl/α,β-unsaturated/α-hetero) is 1. The molecule has 4 nitrogen and oxygen atoms in total. The van der Waals surface area contributed by atoms with E-state index in [1.807, 2.05) is 6.92 Å². The maximum absolute atomic E-state index is 12.7. The number of nitrogens with two attached hydrogens (primary N) is 1. The number of carbonyl (C=O) groups is 1. The van der Waals surface area contributed by atoms with Crippen LogP contribution in [-0.4, -0.2) is 34.3 Å². The number of nitrogens with zero attached hydrogens (tertiary/aromatic N) is 2. The number of nitrogen functional groups attached to an aromatic ring is 1. The van der Waals surface area contributed by atoms with Crippen LogP contribution in [0.25, 0.3) is 0 Å². The van der Waals surface area contributed by atoms with Crippen LogP contribution in [0.15, 0.2) is 18.5 Å². The topological polar surface area (TPSA) is 59.2 Å². The Balaban J connectivity index is 2.94. The average molecular weight is 263 g/mol.